The molecular weight excluding hydrogens is 202 g/mol. The van der Waals surface area contributed by atoms with Gasteiger partial charge in [-0.05, 0) is 43.5 Å². The van der Waals surface area contributed by atoms with Crippen molar-refractivity contribution in [2.75, 3.05) is 0 Å². The minimum absolute atomic E-state index is 0.288. The molecule has 0 spiro atoms. The monoisotopic (exact) mass is 215 g/mol. The first-order valence-corrected chi connectivity index (χ1v) is 5.57. The molecule has 0 aliphatic rings. The SMILES string of the molecule is Cc1ccc(OS(N)(=O)=O)c(C)c1C. The van der Waals surface area contributed by atoms with E-state index in [9.17, 15) is 8.42 Å². The molecule has 0 bridgehead atoms. The van der Waals surface area contributed by atoms with Crippen molar-refractivity contribution in [3.05, 3.63) is 28.8 Å². The van der Waals surface area contributed by atoms with E-state index in [0.29, 0.717) is 0 Å². The van der Waals surface area contributed by atoms with E-state index in [0.717, 1.165) is 16.7 Å². The van der Waals surface area contributed by atoms with Crippen molar-refractivity contribution < 1.29 is 12.6 Å². The number of hydrogen-bond donors (Lipinski definition) is 1. The third kappa shape index (κ3) is 2.46. The van der Waals surface area contributed by atoms with Gasteiger partial charge in [-0.25, -0.2) is 0 Å². The smallest absolute Gasteiger partial charge is 0.371 e. The molecule has 0 aliphatic heterocycles. The van der Waals surface area contributed by atoms with Gasteiger partial charge in [0.2, 0.25) is 0 Å². The van der Waals surface area contributed by atoms with Crippen LogP contribution in [0, 0.1) is 20.8 Å². The van der Waals surface area contributed by atoms with Crippen LogP contribution in [-0.4, -0.2) is 8.42 Å². The molecule has 4 nitrogen and oxygen atoms in total. The van der Waals surface area contributed by atoms with Crippen molar-refractivity contribution in [2.45, 2.75) is 20.8 Å². The summed E-state index contributed by atoms with van der Waals surface area (Å²) in [6.07, 6.45) is 0. The van der Waals surface area contributed by atoms with Gasteiger partial charge in [0.25, 0.3) is 0 Å². The molecular formula is C9H13NO3S. The molecule has 0 saturated carbocycles. The Labute approximate surface area is 83.9 Å². The third-order valence-electron chi connectivity index (χ3n) is 2.21. The fourth-order valence-corrected chi connectivity index (χ4v) is 1.58. The molecule has 0 amide bonds. The van der Waals surface area contributed by atoms with Crippen LogP contribution in [0.2, 0.25) is 0 Å². The number of nitrogens with two attached hydrogens (primary N) is 1. The molecule has 0 aliphatic carbocycles. The van der Waals surface area contributed by atoms with Crippen molar-refractivity contribution in [1.82, 2.24) is 0 Å². The summed E-state index contributed by atoms with van der Waals surface area (Å²) in [4.78, 5) is 0. The second-order valence-electron chi connectivity index (χ2n) is 3.21. The van der Waals surface area contributed by atoms with Gasteiger partial charge >= 0.3 is 10.3 Å². The molecule has 0 unspecified atom stereocenters. The number of rotatable bonds is 2. The Morgan fingerprint density at radius 3 is 2.21 bits per heavy atom. The summed E-state index contributed by atoms with van der Waals surface area (Å²) in [7, 11) is -3.93. The highest BCUT2D eigenvalue weighted by atomic mass is 32.2. The van der Waals surface area contributed by atoms with Crippen LogP contribution in [0.5, 0.6) is 5.75 Å². The minimum atomic E-state index is -3.93. The Morgan fingerprint density at radius 2 is 1.71 bits per heavy atom. The van der Waals surface area contributed by atoms with Gasteiger partial charge < -0.3 is 4.18 Å². The highest BCUT2D eigenvalue weighted by Gasteiger charge is 2.10. The maximum absolute atomic E-state index is 10.7. The molecule has 1 aromatic rings. The summed E-state index contributed by atoms with van der Waals surface area (Å²) >= 11 is 0. The van der Waals surface area contributed by atoms with Gasteiger partial charge in [0.05, 0.1) is 0 Å². The highest BCUT2D eigenvalue weighted by molar-refractivity contribution is 7.84. The zero-order chi connectivity index (χ0) is 10.9. The van der Waals surface area contributed by atoms with Crippen LogP contribution < -0.4 is 9.32 Å². The predicted octanol–water partition coefficient (Wildman–Crippen LogP) is 1.19. The van der Waals surface area contributed by atoms with Gasteiger partial charge in [-0.1, -0.05) is 6.07 Å². The standard InChI is InChI=1S/C9H13NO3S/c1-6-4-5-9(8(3)7(6)2)13-14(10,11)12/h4-5H,1-3H3,(H2,10,11,12). The summed E-state index contributed by atoms with van der Waals surface area (Å²) in [5.41, 5.74) is 2.88. The van der Waals surface area contributed by atoms with Crippen molar-refractivity contribution in [3.8, 4) is 5.75 Å². The number of hydrogen-bond acceptors (Lipinski definition) is 3. The first-order valence-electron chi connectivity index (χ1n) is 4.10. The molecule has 0 radical (unpaired) electrons. The second kappa shape index (κ2) is 3.59. The van der Waals surface area contributed by atoms with Gasteiger partial charge in [0, 0.05) is 0 Å². The Balaban J connectivity index is 3.19. The quantitative estimate of drug-likeness (QED) is 0.805. The van der Waals surface area contributed by atoms with E-state index in [1.165, 1.54) is 0 Å². The molecule has 0 fully saturated rings. The molecule has 0 heterocycles. The lowest BCUT2D eigenvalue weighted by Crippen LogP contribution is -2.19. The molecule has 0 saturated heterocycles. The van der Waals surface area contributed by atoms with Crippen LogP contribution in [0.25, 0.3) is 0 Å². The van der Waals surface area contributed by atoms with Crippen molar-refractivity contribution in [2.24, 2.45) is 5.14 Å². The fraction of sp³-hybridized carbons (Fsp3) is 0.333. The fourth-order valence-electron chi connectivity index (χ4n) is 1.15. The van der Waals surface area contributed by atoms with Crippen LogP contribution >= 0.6 is 0 Å². The van der Waals surface area contributed by atoms with E-state index in [1.807, 2.05) is 13.8 Å². The van der Waals surface area contributed by atoms with E-state index in [1.54, 1.807) is 19.1 Å². The Bertz CT molecular complexity index is 451. The average Bonchev–Trinajstić information content (AvgIpc) is 2.04. The Hall–Kier alpha value is -1.07. The van der Waals surface area contributed by atoms with Crippen LogP contribution in [0.1, 0.15) is 16.7 Å². The third-order valence-corrected chi connectivity index (χ3v) is 2.63. The molecule has 1 rings (SSSR count). The van der Waals surface area contributed by atoms with Crippen molar-refractivity contribution in [1.29, 1.82) is 0 Å². The summed E-state index contributed by atoms with van der Waals surface area (Å²) in [6.45, 7) is 5.65. The molecule has 0 aromatic heterocycles. The van der Waals surface area contributed by atoms with Gasteiger partial charge in [-0.3, -0.25) is 0 Å². The van der Waals surface area contributed by atoms with E-state index < -0.39 is 10.3 Å². The van der Waals surface area contributed by atoms with Gasteiger partial charge in [-0.15, -0.1) is 0 Å². The van der Waals surface area contributed by atoms with E-state index in [2.05, 4.69) is 4.18 Å². The van der Waals surface area contributed by atoms with Crippen LogP contribution in [0.4, 0.5) is 0 Å². The zero-order valence-corrected chi connectivity index (χ0v) is 9.18. The molecule has 0 atom stereocenters. The molecule has 5 heteroatoms. The lowest BCUT2D eigenvalue weighted by atomic mass is 10.0. The van der Waals surface area contributed by atoms with Crippen molar-refractivity contribution >= 4 is 10.3 Å². The highest BCUT2D eigenvalue weighted by Crippen LogP contribution is 2.24. The van der Waals surface area contributed by atoms with E-state index in [4.69, 9.17) is 5.14 Å². The maximum Gasteiger partial charge on any atom is 0.380 e. The maximum atomic E-state index is 10.7. The normalized spacial score (nSPS) is 11.4. The van der Waals surface area contributed by atoms with Gasteiger partial charge in [-0.2, -0.15) is 13.6 Å². The summed E-state index contributed by atoms with van der Waals surface area (Å²) in [5.74, 6) is 0.288. The van der Waals surface area contributed by atoms with Gasteiger partial charge in [0.15, 0.2) is 0 Å². The molecule has 14 heavy (non-hydrogen) atoms. The number of benzene rings is 1. The Kier molecular flexibility index (Phi) is 2.82. The molecule has 1 aromatic carbocycles. The lowest BCUT2D eigenvalue weighted by molar-refractivity contribution is 0.485. The van der Waals surface area contributed by atoms with Crippen LogP contribution in [0.3, 0.4) is 0 Å². The van der Waals surface area contributed by atoms with Crippen LogP contribution in [0.15, 0.2) is 12.1 Å². The molecule has 78 valence electrons. The van der Waals surface area contributed by atoms with Crippen molar-refractivity contribution in [3.63, 3.8) is 0 Å². The Morgan fingerprint density at radius 1 is 1.14 bits per heavy atom. The number of aryl methyl sites for hydroxylation is 1. The summed E-state index contributed by atoms with van der Waals surface area (Å²) in [5, 5.41) is 4.77. The van der Waals surface area contributed by atoms with Gasteiger partial charge in [0.1, 0.15) is 5.75 Å². The average molecular weight is 215 g/mol. The topological polar surface area (TPSA) is 69.4 Å². The largest absolute Gasteiger partial charge is 0.380 e. The summed E-state index contributed by atoms with van der Waals surface area (Å²) < 4.78 is 26.0. The second-order valence-corrected chi connectivity index (χ2v) is 4.36. The van der Waals surface area contributed by atoms with E-state index >= 15 is 0 Å². The van der Waals surface area contributed by atoms with Crippen LogP contribution in [-0.2, 0) is 10.3 Å². The zero-order valence-electron chi connectivity index (χ0n) is 8.37. The predicted molar refractivity (Wildman–Crippen MR) is 54.4 cm³/mol. The van der Waals surface area contributed by atoms with E-state index in [-0.39, 0.29) is 5.75 Å². The first kappa shape index (κ1) is 11.0. The first-order chi connectivity index (χ1) is 6.31. The molecule has 2 N–H and O–H groups in total. The minimum Gasteiger partial charge on any atom is -0.371 e. The lowest BCUT2D eigenvalue weighted by Gasteiger charge is -2.10. The summed E-state index contributed by atoms with van der Waals surface area (Å²) in [6, 6.07) is 3.39.